The molecule has 1 N–H and O–H groups in total. The zero-order valence-corrected chi connectivity index (χ0v) is 19.1. The SMILES string of the molecule is Cc1ccc(NC(=O)COc2cccc3ccc(N4CCc5ccccc5C4)nc23)cc1Cl. The smallest absolute Gasteiger partial charge is 0.262 e. The number of para-hydroxylation sites is 1. The van der Waals surface area contributed by atoms with Gasteiger partial charge in [0.15, 0.2) is 6.61 Å². The van der Waals surface area contributed by atoms with Crippen molar-refractivity contribution in [1.29, 1.82) is 0 Å². The van der Waals surface area contributed by atoms with Gasteiger partial charge in [0.1, 0.15) is 17.1 Å². The fraction of sp³-hybridized carbons (Fsp3) is 0.185. The van der Waals surface area contributed by atoms with Crippen LogP contribution in [0, 0.1) is 6.92 Å². The molecule has 3 aromatic carbocycles. The summed E-state index contributed by atoms with van der Waals surface area (Å²) in [6, 6.07) is 23.8. The van der Waals surface area contributed by atoms with Crippen molar-refractivity contribution in [2.24, 2.45) is 0 Å². The fourth-order valence-electron chi connectivity index (χ4n) is 4.10. The molecule has 0 fully saturated rings. The largest absolute Gasteiger partial charge is 0.481 e. The van der Waals surface area contributed by atoms with Crippen LogP contribution in [0.1, 0.15) is 16.7 Å². The number of ether oxygens (including phenoxy) is 1. The molecule has 33 heavy (non-hydrogen) atoms. The summed E-state index contributed by atoms with van der Waals surface area (Å²) in [6.07, 6.45) is 0.997. The van der Waals surface area contributed by atoms with Crippen LogP contribution in [-0.2, 0) is 17.8 Å². The van der Waals surface area contributed by atoms with Crippen LogP contribution in [0.25, 0.3) is 10.9 Å². The number of aromatic nitrogens is 1. The number of hydrogen-bond donors (Lipinski definition) is 1. The minimum absolute atomic E-state index is 0.117. The van der Waals surface area contributed by atoms with Crippen molar-refractivity contribution < 1.29 is 9.53 Å². The Morgan fingerprint density at radius 1 is 1.06 bits per heavy atom. The van der Waals surface area contributed by atoms with Crippen LogP contribution in [0.15, 0.2) is 72.8 Å². The summed E-state index contributed by atoms with van der Waals surface area (Å²) < 4.78 is 5.88. The van der Waals surface area contributed by atoms with Gasteiger partial charge >= 0.3 is 0 Å². The average Bonchev–Trinajstić information content (AvgIpc) is 2.84. The molecule has 0 bridgehead atoms. The average molecular weight is 458 g/mol. The molecule has 6 heteroatoms. The number of halogens is 1. The molecule has 0 radical (unpaired) electrons. The summed E-state index contributed by atoms with van der Waals surface area (Å²) in [6.45, 7) is 3.55. The van der Waals surface area contributed by atoms with E-state index in [4.69, 9.17) is 21.3 Å². The number of amides is 1. The van der Waals surface area contributed by atoms with Crippen molar-refractivity contribution in [1.82, 2.24) is 4.98 Å². The van der Waals surface area contributed by atoms with Gasteiger partial charge in [-0.1, -0.05) is 54.1 Å². The highest BCUT2D eigenvalue weighted by atomic mass is 35.5. The molecule has 0 saturated carbocycles. The van der Waals surface area contributed by atoms with Gasteiger partial charge < -0.3 is 15.0 Å². The molecule has 1 aliphatic rings. The second-order valence-electron chi connectivity index (χ2n) is 8.24. The zero-order valence-electron chi connectivity index (χ0n) is 18.3. The molecule has 0 unspecified atom stereocenters. The number of benzene rings is 3. The van der Waals surface area contributed by atoms with Crippen molar-refractivity contribution in [3.05, 3.63) is 94.5 Å². The fourth-order valence-corrected chi connectivity index (χ4v) is 4.28. The summed E-state index contributed by atoms with van der Waals surface area (Å²) in [7, 11) is 0. The molecule has 2 heterocycles. The Hall–Kier alpha value is -3.57. The number of anilines is 2. The predicted octanol–water partition coefficient (Wildman–Crippen LogP) is 5.78. The summed E-state index contributed by atoms with van der Waals surface area (Å²) >= 11 is 6.15. The Labute approximate surface area is 198 Å². The van der Waals surface area contributed by atoms with Crippen molar-refractivity contribution in [3.8, 4) is 5.75 Å². The lowest BCUT2D eigenvalue weighted by Gasteiger charge is -2.30. The lowest BCUT2D eigenvalue weighted by atomic mass is 10.00. The first-order chi connectivity index (χ1) is 16.1. The van der Waals surface area contributed by atoms with Gasteiger partial charge in [0.2, 0.25) is 0 Å². The number of rotatable bonds is 5. The molecule has 1 amide bonds. The Kier molecular flexibility index (Phi) is 5.88. The monoisotopic (exact) mass is 457 g/mol. The number of nitrogens with one attached hydrogen (secondary N) is 1. The standard InChI is InChI=1S/C27H24ClN3O2/c1-18-9-11-22(15-23(18)28)29-26(32)17-33-24-8-4-7-20-10-12-25(30-27(20)24)31-14-13-19-5-2-3-6-21(19)16-31/h2-12,15H,13-14,16-17H2,1H3,(H,29,32). The van der Waals surface area contributed by atoms with E-state index in [2.05, 4.69) is 40.5 Å². The molecule has 0 spiro atoms. The topological polar surface area (TPSA) is 54.5 Å². The molecule has 166 valence electrons. The van der Waals surface area contributed by atoms with E-state index in [0.717, 1.165) is 41.8 Å². The second-order valence-corrected chi connectivity index (χ2v) is 8.65. The van der Waals surface area contributed by atoms with Crippen molar-refractivity contribution in [3.63, 3.8) is 0 Å². The molecular formula is C27H24ClN3O2. The quantitative estimate of drug-likeness (QED) is 0.413. The molecule has 0 saturated heterocycles. The van der Waals surface area contributed by atoms with Crippen molar-refractivity contribution in [2.75, 3.05) is 23.4 Å². The molecule has 0 atom stereocenters. The highest BCUT2D eigenvalue weighted by Crippen LogP contribution is 2.29. The lowest BCUT2D eigenvalue weighted by Crippen LogP contribution is -2.30. The number of fused-ring (bicyclic) bond motifs is 2. The number of aryl methyl sites for hydroxylation is 1. The third-order valence-corrected chi connectivity index (χ3v) is 6.34. The van der Waals surface area contributed by atoms with E-state index in [1.165, 1.54) is 11.1 Å². The molecule has 0 aliphatic carbocycles. The number of carbonyl (C=O) groups excluding carboxylic acids is 1. The number of nitrogens with zero attached hydrogens (tertiary/aromatic N) is 2. The first kappa shape index (κ1) is 21.3. The molecule has 5 rings (SSSR count). The first-order valence-electron chi connectivity index (χ1n) is 11.0. The number of carbonyl (C=O) groups is 1. The van der Waals surface area contributed by atoms with Crippen LogP contribution in [0.4, 0.5) is 11.5 Å². The third-order valence-electron chi connectivity index (χ3n) is 5.94. The van der Waals surface area contributed by atoms with Gasteiger partial charge in [0, 0.05) is 29.2 Å². The van der Waals surface area contributed by atoms with E-state index in [1.54, 1.807) is 6.07 Å². The minimum atomic E-state index is -0.254. The highest BCUT2D eigenvalue weighted by Gasteiger charge is 2.18. The van der Waals surface area contributed by atoms with E-state index in [1.807, 2.05) is 43.3 Å². The number of hydrogen-bond acceptors (Lipinski definition) is 4. The first-order valence-corrected chi connectivity index (χ1v) is 11.3. The Bertz CT molecular complexity index is 1340. The van der Waals surface area contributed by atoms with Crippen LogP contribution in [-0.4, -0.2) is 24.0 Å². The Morgan fingerprint density at radius 2 is 1.91 bits per heavy atom. The van der Waals surface area contributed by atoms with Gasteiger partial charge in [-0.15, -0.1) is 0 Å². The van der Waals surface area contributed by atoms with Gasteiger partial charge in [-0.05, 0) is 60.4 Å². The van der Waals surface area contributed by atoms with Crippen LogP contribution in [0.3, 0.4) is 0 Å². The maximum Gasteiger partial charge on any atom is 0.262 e. The molecule has 4 aromatic rings. The Balaban J connectivity index is 1.32. The summed E-state index contributed by atoms with van der Waals surface area (Å²) in [4.78, 5) is 19.6. The van der Waals surface area contributed by atoms with Crippen LogP contribution in [0.5, 0.6) is 5.75 Å². The van der Waals surface area contributed by atoms with E-state index >= 15 is 0 Å². The third kappa shape index (κ3) is 4.64. The van der Waals surface area contributed by atoms with Crippen LogP contribution >= 0.6 is 11.6 Å². The highest BCUT2D eigenvalue weighted by molar-refractivity contribution is 6.31. The summed E-state index contributed by atoms with van der Waals surface area (Å²) in [5.41, 5.74) is 5.09. The lowest BCUT2D eigenvalue weighted by molar-refractivity contribution is -0.118. The Morgan fingerprint density at radius 3 is 2.76 bits per heavy atom. The molecule has 5 nitrogen and oxygen atoms in total. The maximum absolute atomic E-state index is 12.4. The van der Waals surface area contributed by atoms with Gasteiger partial charge in [-0.25, -0.2) is 4.98 Å². The zero-order chi connectivity index (χ0) is 22.8. The van der Waals surface area contributed by atoms with Crippen molar-refractivity contribution >= 4 is 39.9 Å². The van der Waals surface area contributed by atoms with E-state index in [0.29, 0.717) is 16.5 Å². The van der Waals surface area contributed by atoms with E-state index in [-0.39, 0.29) is 12.5 Å². The van der Waals surface area contributed by atoms with E-state index < -0.39 is 0 Å². The normalized spacial score (nSPS) is 13.0. The molecule has 1 aliphatic heterocycles. The molecule has 1 aromatic heterocycles. The predicted molar refractivity (Wildman–Crippen MR) is 133 cm³/mol. The minimum Gasteiger partial charge on any atom is -0.481 e. The van der Waals surface area contributed by atoms with Gasteiger partial charge in [0.05, 0.1) is 0 Å². The van der Waals surface area contributed by atoms with Crippen LogP contribution in [0.2, 0.25) is 5.02 Å². The van der Waals surface area contributed by atoms with Crippen molar-refractivity contribution in [2.45, 2.75) is 19.9 Å². The van der Waals surface area contributed by atoms with Crippen LogP contribution < -0.4 is 15.0 Å². The van der Waals surface area contributed by atoms with Gasteiger partial charge in [-0.2, -0.15) is 0 Å². The maximum atomic E-state index is 12.4. The molecular weight excluding hydrogens is 434 g/mol. The second kappa shape index (κ2) is 9.12. The van der Waals surface area contributed by atoms with Gasteiger partial charge in [0.25, 0.3) is 5.91 Å². The van der Waals surface area contributed by atoms with E-state index in [9.17, 15) is 4.79 Å². The summed E-state index contributed by atoms with van der Waals surface area (Å²) in [5, 5.41) is 4.41. The number of pyridine rings is 1. The summed E-state index contributed by atoms with van der Waals surface area (Å²) in [5.74, 6) is 1.24. The van der Waals surface area contributed by atoms with Gasteiger partial charge in [-0.3, -0.25) is 4.79 Å².